The summed E-state index contributed by atoms with van der Waals surface area (Å²) in [6.45, 7) is 4.22. The van der Waals surface area contributed by atoms with Gasteiger partial charge in [-0.05, 0) is 32.6 Å². The van der Waals surface area contributed by atoms with Gasteiger partial charge in [-0.15, -0.1) is 11.3 Å². The molecule has 1 atom stereocenters. The maximum atomic E-state index is 6.21. The van der Waals surface area contributed by atoms with Crippen LogP contribution < -0.4 is 5.73 Å². The summed E-state index contributed by atoms with van der Waals surface area (Å²) in [6, 6.07) is 0.306. The predicted molar refractivity (Wildman–Crippen MR) is 74.5 cm³/mol. The Morgan fingerprint density at radius 1 is 1.35 bits per heavy atom. The molecule has 1 heterocycles. The summed E-state index contributed by atoms with van der Waals surface area (Å²) in [7, 11) is 0. The predicted octanol–water partition coefficient (Wildman–Crippen LogP) is 3.60. The van der Waals surface area contributed by atoms with Crippen LogP contribution in [0, 0.1) is 19.8 Å². The van der Waals surface area contributed by atoms with Crippen LogP contribution in [0.4, 0.5) is 0 Å². The van der Waals surface area contributed by atoms with E-state index in [9.17, 15) is 0 Å². The zero-order chi connectivity index (χ0) is 12.3. The van der Waals surface area contributed by atoms with E-state index in [1.165, 1.54) is 54.1 Å². The minimum atomic E-state index is 0.306. The van der Waals surface area contributed by atoms with Gasteiger partial charge in [0.1, 0.15) is 0 Å². The van der Waals surface area contributed by atoms with Crippen molar-refractivity contribution in [1.29, 1.82) is 0 Å². The van der Waals surface area contributed by atoms with Crippen molar-refractivity contribution in [2.24, 2.45) is 11.7 Å². The standard InChI is InChI=1S/C14H24N2S/c1-10-11(2)17-14(16-10)9-13(15)8-7-12-5-3-4-6-12/h12-13H,3-9,15H2,1-2H3. The van der Waals surface area contributed by atoms with Crippen LogP contribution in [0.15, 0.2) is 0 Å². The molecular formula is C14H24N2S. The molecule has 1 unspecified atom stereocenters. The molecule has 1 aliphatic rings. The van der Waals surface area contributed by atoms with E-state index in [1.807, 2.05) is 11.3 Å². The molecule has 0 saturated heterocycles. The second kappa shape index (κ2) is 5.96. The monoisotopic (exact) mass is 252 g/mol. The minimum Gasteiger partial charge on any atom is -0.327 e. The molecule has 0 aromatic carbocycles. The van der Waals surface area contributed by atoms with Crippen molar-refractivity contribution in [3.63, 3.8) is 0 Å². The van der Waals surface area contributed by atoms with E-state index < -0.39 is 0 Å². The van der Waals surface area contributed by atoms with Crippen molar-refractivity contribution < 1.29 is 0 Å². The molecule has 17 heavy (non-hydrogen) atoms. The summed E-state index contributed by atoms with van der Waals surface area (Å²) in [5, 5.41) is 1.22. The number of rotatable bonds is 5. The highest BCUT2D eigenvalue weighted by molar-refractivity contribution is 7.11. The Morgan fingerprint density at radius 2 is 2.06 bits per heavy atom. The van der Waals surface area contributed by atoms with E-state index in [-0.39, 0.29) is 0 Å². The van der Waals surface area contributed by atoms with E-state index in [1.54, 1.807) is 0 Å². The molecule has 2 N–H and O–H groups in total. The van der Waals surface area contributed by atoms with Crippen LogP contribution in [0.25, 0.3) is 0 Å². The summed E-state index contributed by atoms with van der Waals surface area (Å²) >= 11 is 1.81. The first-order valence-electron chi connectivity index (χ1n) is 6.83. The Balaban J connectivity index is 1.74. The summed E-state index contributed by atoms with van der Waals surface area (Å²) in [5.74, 6) is 0.959. The first-order valence-corrected chi connectivity index (χ1v) is 7.65. The molecule has 2 nitrogen and oxygen atoms in total. The Hall–Kier alpha value is -0.410. The topological polar surface area (TPSA) is 38.9 Å². The number of hydrogen-bond donors (Lipinski definition) is 1. The molecule has 0 spiro atoms. The summed E-state index contributed by atoms with van der Waals surface area (Å²) in [4.78, 5) is 5.90. The molecule has 1 aromatic rings. The van der Waals surface area contributed by atoms with Gasteiger partial charge in [-0.2, -0.15) is 0 Å². The summed E-state index contributed by atoms with van der Waals surface area (Å²) in [6.07, 6.45) is 9.19. The lowest BCUT2D eigenvalue weighted by molar-refractivity contribution is 0.447. The van der Waals surface area contributed by atoms with Crippen LogP contribution in [0.3, 0.4) is 0 Å². The number of aryl methyl sites for hydroxylation is 2. The zero-order valence-electron chi connectivity index (χ0n) is 11.0. The quantitative estimate of drug-likeness (QED) is 0.869. The number of nitrogens with zero attached hydrogens (tertiary/aromatic N) is 1. The zero-order valence-corrected chi connectivity index (χ0v) is 11.9. The fourth-order valence-corrected chi connectivity index (χ4v) is 3.73. The highest BCUT2D eigenvalue weighted by Gasteiger charge is 2.16. The van der Waals surface area contributed by atoms with Crippen LogP contribution in [-0.2, 0) is 6.42 Å². The summed E-state index contributed by atoms with van der Waals surface area (Å²) in [5.41, 5.74) is 7.38. The molecule has 1 fully saturated rings. The Labute approximate surface area is 109 Å². The molecule has 0 radical (unpaired) electrons. The first kappa shape index (κ1) is 13.0. The van der Waals surface area contributed by atoms with Gasteiger partial charge in [-0.1, -0.05) is 25.7 Å². The van der Waals surface area contributed by atoms with Crippen LogP contribution in [0.5, 0.6) is 0 Å². The van der Waals surface area contributed by atoms with Crippen molar-refractivity contribution in [1.82, 2.24) is 4.98 Å². The lowest BCUT2D eigenvalue weighted by Gasteiger charge is -2.13. The maximum absolute atomic E-state index is 6.21. The van der Waals surface area contributed by atoms with Crippen LogP contribution >= 0.6 is 11.3 Å². The van der Waals surface area contributed by atoms with Gasteiger partial charge in [0.05, 0.1) is 10.7 Å². The maximum Gasteiger partial charge on any atom is 0.0946 e. The number of nitrogens with two attached hydrogens (primary N) is 1. The molecule has 0 aliphatic heterocycles. The third-order valence-corrected chi connectivity index (χ3v) is 5.03. The Kier molecular flexibility index (Phi) is 4.57. The normalized spacial score (nSPS) is 18.8. The Bertz CT molecular complexity index is 334. The largest absolute Gasteiger partial charge is 0.327 e. The fraction of sp³-hybridized carbons (Fsp3) is 0.786. The first-order chi connectivity index (χ1) is 8.15. The third kappa shape index (κ3) is 3.78. The highest BCUT2D eigenvalue weighted by Crippen LogP contribution is 2.29. The molecule has 2 rings (SSSR count). The third-order valence-electron chi connectivity index (χ3n) is 3.93. The molecule has 0 amide bonds. The van der Waals surface area contributed by atoms with E-state index >= 15 is 0 Å². The van der Waals surface area contributed by atoms with Gasteiger partial charge in [-0.3, -0.25) is 0 Å². The van der Waals surface area contributed by atoms with E-state index in [0.29, 0.717) is 6.04 Å². The molecule has 1 aliphatic carbocycles. The molecule has 3 heteroatoms. The highest BCUT2D eigenvalue weighted by atomic mass is 32.1. The van der Waals surface area contributed by atoms with Gasteiger partial charge in [0.2, 0.25) is 0 Å². The average molecular weight is 252 g/mol. The van der Waals surface area contributed by atoms with Gasteiger partial charge in [-0.25, -0.2) is 4.98 Å². The van der Waals surface area contributed by atoms with Crippen LogP contribution in [0.2, 0.25) is 0 Å². The molecule has 96 valence electrons. The van der Waals surface area contributed by atoms with Crippen molar-refractivity contribution >= 4 is 11.3 Å². The second-order valence-corrected chi connectivity index (χ2v) is 6.73. The fourth-order valence-electron chi connectivity index (χ4n) is 2.70. The molecule has 1 aromatic heterocycles. The van der Waals surface area contributed by atoms with Gasteiger partial charge in [0, 0.05) is 17.3 Å². The SMILES string of the molecule is Cc1nc(CC(N)CCC2CCCC2)sc1C. The average Bonchev–Trinajstić information content (AvgIpc) is 2.87. The minimum absolute atomic E-state index is 0.306. The van der Waals surface area contributed by atoms with Crippen molar-refractivity contribution in [3.8, 4) is 0 Å². The van der Waals surface area contributed by atoms with Crippen molar-refractivity contribution in [2.75, 3.05) is 0 Å². The second-order valence-electron chi connectivity index (χ2n) is 5.44. The molecule has 0 bridgehead atoms. The molecular weight excluding hydrogens is 228 g/mol. The van der Waals surface area contributed by atoms with E-state index in [0.717, 1.165) is 12.3 Å². The number of aromatic nitrogens is 1. The molecule has 1 saturated carbocycles. The lowest BCUT2D eigenvalue weighted by Crippen LogP contribution is -2.23. The number of hydrogen-bond acceptors (Lipinski definition) is 3. The van der Waals surface area contributed by atoms with Crippen molar-refractivity contribution in [2.45, 2.75) is 64.8 Å². The van der Waals surface area contributed by atoms with E-state index in [2.05, 4.69) is 18.8 Å². The van der Waals surface area contributed by atoms with Crippen LogP contribution in [0.1, 0.15) is 54.1 Å². The van der Waals surface area contributed by atoms with Crippen molar-refractivity contribution in [3.05, 3.63) is 15.6 Å². The van der Waals surface area contributed by atoms with Gasteiger partial charge in [0.25, 0.3) is 0 Å². The lowest BCUT2D eigenvalue weighted by atomic mass is 9.98. The van der Waals surface area contributed by atoms with Crippen LogP contribution in [-0.4, -0.2) is 11.0 Å². The Morgan fingerprint density at radius 3 is 2.65 bits per heavy atom. The van der Waals surface area contributed by atoms with E-state index in [4.69, 9.17) is 5.73 Å². The summed E-state index contributed by atoms with van der Waals surface area (Å²) < 4.78 is 0. The number of thiazole rings is 1. The van der Waals surface area contributed by atoms with Gasteiger partial charge >= 0.3 is 0 Å². The smallest absolute Gasteiger partial charge is 0.0946 e. The van der Waals surface area contributed by atoms with Gasteiger partial charge < -0.3 is 5.73 Å². The van der Waals surface area contributed by atoms with Gasteiger partial charge in [0.15, 0.2) is 0 Å².